The minimum Gasteiger partial charge on any atom is -0.478 e. The molecule has 35 heteroatoms. The van der Waals surface area contributed by atoms with Crippen molar-refractivity contribution in [2.24, 2.45) is 5.92 Å². The third-order valence-electron chi connectivity index (χ3n) is 28.7. The molecule has 5 saturated carbocycles. The van der Waals surface area contributed by atoms with E-state index in [1.165, 1.54) is 114 Å². The largest absolute Gasteiger partial charge is 0.478 e. The molecule has 0 spiro atoms. The molecule has 0 aliphatic heterocycles. The third kappa shape index (κ3) is 28.3. The van der Waals surface area contributed by atoms with Crippen molar-refractivity contribution in [3.8, 4) is 0 Å². The number of alkyl halides is 15. The molecule has 5 atom stereocenters. The van der Waals surface area contributed by atoms with Crippen LogP contribution in [0.3, 0.4) is 0 Å². The van der Waals surface area contributed by atoms with Gasteiger partial charge in [-0.3, -0.25) is 38.9 Å². The monoisotopic (exact) mass is 2010 g/mol. The lowest BCUT2D eigenvalue weighted by atomic mass is 9.82. The summed E-state index contributed by atoms with van der Waals surface area (Å²) in [6.07, 6.45) is 4.69. The molecule has 5 aliphatic rings. The Morgan fingerprint density at radius 3 is 0.860 bits per heavy atom. The second-order valence-electron chi connectivity index (χ2n) is 38.6. The summed E-state index contributed by atoms with van der Waals surface area (Å²) in [6.45, 7) is 8.03. The number of carboxylic acid groups (broad SMARTS) is 1. The van der Waals surface area contributed by atoms with E-state index in [2.05, 4.69) is 34.0 Å². The van der Waals surface area contributed by atoms with Gasteiger partial charge in [-0.2, -0.15) is 65.9 Å². The highest BCUT2D eigenvalue weighted by Crippen LogP contribution is 2.47. The van der Waals surface area contributed by atoms with Crippen LogP contribution < -0.4 is 0 Å². The van der Waals surface area contributed by atoms with E-state index in [0.717, 1.165) is 188 Å². The summed E-state index contributed by atoms with van der Waals surface area (Å²) >= 11 is 0. The molecule has 20 nitrogen and oxygen atoms in total. The molecule has 0 bridgehead atoms. The molecule has 3 aromatic heterocycles. The summed E-state index contributed by atoms with van der Waals surface area (Å²) in [5.74, 6) is -0.209. The fourth-order valence-electron chi connectivity index (χ4n) is 18.6. The molecule has 0 radical (unpaired) electrons. The smallest absolute Gasteiger partial charge is 0.421 e. The Labute approximate surface area is 822 Å². The van der Waals surface area contributed by atoms with Crippen molar-refractivity contribution in [3.63, 3.8) is 0 Å². The van der Waals surface area contributed by atoms with Gasteiger partial charge in [-0.05, 0) is 316 Å². The van der Waals surface area contributed by atoms with Crippen LogP contribution in [0.25, 0.3) is 0 Å². The Bertz CT molecular complexity index is 5270. The molecule has 6 N–H and O–H groups in total. The van der Waals surface area contributed by atoms with Crippen LogP contribution in [0.5, 0.6) is 0 Å². The van der Waals surface area contributed by atoms with Crippen LogP contribution >= 0.6 is 0 Å². The van der Waals surface area contributed by atoms with Gasteiger partial charge in [0.25, 0.3) is 29.5 Å². The van der Waals surface area contributed by atoms with Crippen molar-refractivity contribution in [1.29, 1.82) is 0 Å². The Kier molecular flexibility index (Phi) is 37.6. The maximum atomic E-state index is 13.1. The van der Waals surface area contributed by atoms with Crippen LogP contribution in [-0.4, -0.2) is 194 Å². The number of carboxylic acids is 1. The number of pyridine rings is 3. The zero-order chi connectivity index (χ0) is 105. The van der Waals surface area contributed by atoms with Gasteiger partial charge in [0.2, 0.25) is 0 Å². The fourth-order valence-corrected chi connectivity index (χ4v) is 18.6. The van der Waals surface area contributed by atoms with Gasteiger partial charge in [-0.25, -0.2) is 4.79 Å². The van der Waals surface area contributed by atoms with Crippen molar-refractivity contribution in [2.45, 2.75) is 290 Å². The lowest BCUT2D eigenvalue weighted by Crippen LogP contribution is -2.44. The number of hydrogen-bond acceptors (Lipinski definition) is 14. The van der Waals surface area contributed by atoms with Crippen molar-refractivity contribution < 1.29 is 125 Å². The number of aromatic nitrogens is 3. The van der Waals surface area contributed by atoms with E-state index in [1.807, 2.05) is 47.6 Å². The topological polar surface area (TPSA) is 279 Å². The van der Waals surface area contributed by atoms with E-state index in [-0.39, 0.29) is 105 Å². The SMILES string of the molecule is CCCC1CCC(N(C(=O)c2ccc([C@](C)(O)C(F)(F)F)cc2)C2CC2)CC1.CCN(Cc1ccc(C(=O)O)cc1)C(=O)c1ccc(C(C)(O)C(F)(F)F)cc1.CN(C(=O)c1ccc([C@](C)(O)C(F)(F)F)cc1)C1CCC(c2ccccn2)CC1.CN(C(=O)c1ccc([C@](C)(O)C(F)(F)F)cc1)C1CCC(c2cccnc2)CC1.CN(C(=O)c1ccc([C@](C)(O)C(F)(F)F)cc1)C1CCC(c2cccnc2)CC1. The van der Waals surface area contributed by atoms with Gasteiger partial charge in [0.05, 0.1) is 5.56 Å². The van der Waals surface area contributed by atoms with Crippen molar-refractivity contribution in [1.82, 2.24) is 39.5 Å². The van der Waals surface area contributed by atoms with E-state index in [0.29, 0.717) is 74.2 Å². The summed E-state index contributed by atoms with van der Waals surface area (Å²) < 4.78 is 195. The van der Waals surface area contributed by atoms with Crippen molar-refractivity contribution >= 4 is 35.5 Å². The number of benzene rings is 6. The summed E-state index contributed by atoms with van der Waals surface area (Å²) in [7, 11) is 5.20. The number of rotatable bonds is 24. The number of amides is 5. The average molecular weight is 2010 g/mol. The Morgan fingerprint density at radius 1 is 0.322 bits per heavy atom. The van der Waals surface area contributed by atoms with Gasteiger partial charge in [0, 0.05) is 135 Å². The number of aliphatic hydroxyl groups is 5. The minimum atomic E-state index is -4.84. The van der Waals surface area contributed by atoms with E-state index in [4.69, 9.17) is 5.11 Å². The Balaban J connectivity index is 0.000000184. The normalized spacial score (nSPS) is 21.0. The quantitative estimate of drug-likeness (QED) is 0.0307. The fraction of sp³-hybridized carbons (Fsp3) is 0.472. The van der Waals surface area contributed by atoms with Crippen molar-refractivity contribution in [2.75, 3.05) is 27.7 Å². The maximum Gasteiger partial charge on any atom is 0.421 e. The van der Waals surface area contributed by atoms with Gasteiger partial charge in [0.1, 0.15) is 0 Å². The number of carbonyl (C=O) groups excluding carboxylic acids is 5. The molecule has 5 fully saturated rings. The molecule has 1 unspecified atom stereocenters. The van der Waals surface area contributed by atoms with Crippen LogP contribution in [0.15, 0.2) is 219 Å². The van der Waals surface area contributed by atoms with Crippen LogP contribution in [0, 0.1) is 5.92 Å². The first-order valence-electron chi connectivity index (χ1n) is 47.9. The van der Waals surface area contributed by atoms with Crippen LogP contribution in [-0.2, 0) is 34.6 Å². The Morgan fingerprint density at radius 2 is 0.601 bits per heavy atom. The highest BCUT2D eigenvalue weighted by atomic mass is 19.4. The molecule has 3 heterocycles. The number of hydrogen-bond donors (Lipinski definition) is 6. The summed E-state index contributed by atoms with van der Waals surface area (Å²) in [4.78, 5) is 96.3. The molecule has 0 saturated heterocycles. The molecule has 9 aromatic rings. The zero-order valence-corrected chi connectivity index (χ0v) is 81.4. The predicted octanol–water partition coefficient (Wildman–Crippen LogP) is 23.2. The molecule has 774 valence electrons. The number of carbonyl (C=O) groups is 6. The molecule has 5 amide bonds. The van der Waals surface area contributed by atoms with E-state index in [9.17, 15) is 120 Å². The second-order valence-corrected chi connectivity index (χ2v) is 38.6. The lowest BCUT2D eigenvalue weighted by Gasteiger charge is -2.37. The predicted molar refractivity (Wildman–Crippen MR) is 508 cm³/mol. The number of aromatic carboxylic acids is 1. The number of halogens is 15. The molecular weight excluding hydrogens is 1890 g/mol. The van der Waals surface area contributed by atoms with Gasteiger partial charge < -0.3 is 55.1 Å². The first-order chi connectivity index (χ1) is 66.9. The first kappa shape index (κ1) is 113. The summed E-state index contributed by atoms with van der Waals surface area (Å²) in [5.41, 5.74) is -10.4. The highest BCUT2D eigenvalue weighted by Gasteiger charge is 2.56. The standard InChI is InChI=1S/3C22H25F3N2O2.C22H30F3NO2.C20H20F3NO4/c2*1-21(29,22(23,24)25)18-9-5-16(6-10-18)20(28)27(2)19-11-7-15(8-12-19)17-4-3-13-26-14-17;1-21(29,22(23,24)25)17-10-6-16(7-11-17)20(28)27(2)18-12-8-15(9-13-18)19-5-3-4-14-26-19;1-3-4-15-5-11-18(12-6-15)26(19-13-14-19)20(27)16-7-9-17(10-8-16)21(2,28)22(23,24)25;1-3-24(12-13-4-6-15(7-5-13)18(26)27)17(25)14-8-10-16(11-9-14)19(2,28)20(21,22)23/h2*3-6,9-10,13-15,19,29H,7-8,11-12H2,1-2H3;3-7,10-11,14-15,18,29H,8-9,12-13H2,1-2H3;7-10,15,18-19,28H,3-6,11-14H2,1-2H3;4-11,28H,3,12H2,1-2H3,(H,26,27)/t2*15?,19?,21-;2*15?,18?,21-;/m0000./s1. The molecule has 6 aromatic carbocycles. The Hall–Kier alpha value is -11.7. The molecular formula is C108H125F15N8O12. The summed E-state index contributed by atoms with van der Waals surface area (Å²) in [6, 6.07) is 45.6. The van der Waals surface area contributed by atoms with E-state index >= 15 is 0 Å². The molecule has 5 aliphatic carbocycles. The van der Waals surface area contributed by atoms with Crippen LogP contribution in [0.4, 0.5) is 65.9 Å². The van der Waals surface area contributed by atoms with Gasteiger partial charge in [-0.15, -0.1) is 0 Å². The van der Waals surface area contributed by atoms with Gasteiger partial charge in [-0.1, -0.05) is 111 Å². The summed E-state index contributed by atoms with van der Waals surface area (Å²) in [5, 5.41) is 57.7. The van der Waals surface area contributed by atoms with E-state index in [1.54, 1.807) is 73.5 Å². The average Bonchev–Trinajstić information content (AvgIpc) is 1.78. The van der Waals surface area contributed by atoms with Crippen LogP contribution in [0.2, 0.25) is 0 Å². The molecule has 14 rings (SSSR count). The molecule has 143 heavy (non-hydrogen) atoms. The van der Waals surface area contributed by atoms with Gasteiger partial charge >= 0.3 is 36.9 Å². The third-order valence-corrected chi connectivity index (χ3v) is 28.7. The first-order valence-corrected chi connectivity index (χ1v) is 47.9. The number of nitrogens with zero attached hydrogens (tertiary/aromatic N) is 8. The van der Waals surface area contributed by atoms with Crippen molar-refractivity contribution in [3.05, 3.63) is 303 Å². The van der Waals surface area contributed by atoms with E-state index < -0.39 is 64.9 Å². The highest BCUT2D eigenvalue weighted by molar-refractivity contribution is 5.97. The second kappa shape index (κ2) is 47.5. The van der Waals surface area contributed by atoms with Gasteiger partial charge in [0.15, 0.2) is 28.0 Å². The lowest BCUT2D eigenvalue weighted by molar-refractivity contribution is -0.259. The minimum absolute atomic E-state index is 0.0837. The maximum absolute atomic E-state index is 13.1. The zero-order valence-electron chi connectivity index (χ0n) is 81.4. The van der Waals surface area contributed by atoms with Crippen LogP contribution in [0.1, 0.15) is 307 Å².